The Morgan fingerprint density at radius 1 is 0.947 bits per heavy atom. The van der Waals surface area contributed by atoms with Gasteiger partial charge in [-0.1, -0.05) is 30.3 Å². The normalized spacial score (nSPS) is 17.9. The van der Waals surface area contributed by atoms with Gasteiger partial charge < -0.3 is 14.6 Å². The molecule has 0 bridgehead atoms. The van der Waals surface area contributed by atoms with Crippen molar-refractivity contribution in [3.05, 3.63) is 59.7 Å². The van der Waals surface area contributed by atoms with Crippen molar-refractivity contribution < 1.29 is 19.4 Å². The molecule has 2 aromatic rings. The van der Waals surface area contributed by atoms with Crippen molar-refractivity contribution in [1.29, 1.82) is 0 Å². The Morgan fingerprint density at radius 2 is 1.58 bits per heavy atom. The molecule has 0 aliphatic carbocycles. The van der Waals surface area contributed by atoms with Crippen molar-refractivity contribution in [2.75, 3.05) is 6.79 Å². The summed E-state index contributed by atoms with van der Waals surface area (Å²) in [6.45, 7) is -0.00593. The molecule has 0 unspecified atom stereocenters. The molecule has 0 amide bonds. The number of ketones is 1. The lowest BCUT2D eigenvalue weighted by Crippen LogP contribution is -2.12. The predicted molar refractivity (Wildman–Crippen MR) is 68.3 cm³/mol. The second kappa shape index (κ2) is 4.74. The first-order valence-electron chi connectivity index (χ1n) is 5.93. The molecule has 96 valence electrons. The molecule has 0 spiro atoms. The molecule has 1 atom stereocenters. The minimum Gasteiger partial charge on any atom is -0.457 e. The van der Waals surface area contributed by atoms with Crippen LogP contribution in [0, 0.1) is 0 Å². The zero-order valence-electron chi connectivity index (χ0n) is 10.1. The summed E-state index contributed by atoms with van der Waals surface area (Å²) in [5, 5.41) is 10.2. The fourth-order valence-corrected chi connectivity index (χ4v) is 2.08. The van der Waals surface area contributed by atoms with Crippen molar-refractivity contribution in [3.8, 4) is 11.5 Å². The van der Waals surface area contributed by atoms with Gasteiger partial charge in [-0.25, -0.2) is 0 Å². The van der Waals surface area contributed by atoms with Gasteiger partial charge in [0.15, 0.2) is 5.78 Å². The van der Waals surface area contributed by atoms with Gasteiger partial charge in [0.25, 0.3) is 0 Å². The Hall–Kier alpha value is -2.33. The Bertz CT molecular complexity index is 621. The van der Waals surface area contributed by atoms with Gasteiger partial charge in [0.05, 0.1) is 5.56 Å². The maximum Gasteiger partial charge on any atom is 0.230 e. The third kappa shape index (κ3) is 2.06. The van der Waals surface area contributed by atoms with Gasteiger partial charge in [-0.3, -0.25) is 4.79 Å². The second-order valence-corrected chi connectivity index (χ2v) is 4.21. The van der Waals surface area contributed by atoms with Crippen LogP contribution in [0.15, 0.2) is 48.5 Å². The molecule has 1 aliphatic rings. The highest BCUT2D eigenvalue weighted by Gasteiger charge is 2.26. The maximum atomic E-state index is 12.3. The first-order valence-corrected chi connectivity index (χ1v) is 5.93. The molecule has 0 saturated heterocycles. The van der Waals surface area contributed by atoms with Crippen molar-refractivity contribution in [2.45, 2.75) is 6.10 Å². The number of aliphatic hydroxyl groups is 1. The standard InChI is InChI=1S/C15H12O4/c16-14-10-5-1-3-7-12(10)18-9-19-13-8-4-2-6-11(13)15(14)17/h1-8,14,16H,9H2/t14-/m1/s1. The van der Waals surface area contributed by atoms with Gasteiger partial charge in [-0.05, 0) is 18.2 Å². The van der Waals surface area contributed by atoms with E-state index in [0.717, 1.165) is 0 Å². The van der Waals surface area contributed by atoms with Crippen LogP contribution < -0.4 is 9.47 Å². The average molecular weight is 256 g/mol. The summed E-state index contributed by atoms with van der Waals surface area (Å²) in [7, 11) is 0. The van der Waals surface area contributed by atoms with E-state index in [9.17, 15) is 9.90 Å². The smallest absolute Gasteiger partial charge is 0.230 e. The van der Waals surface area contributed by atoms with E-state index in [0.29, 0.717) is 22.6 Å². The number of benzene rings is 2. The second-order valence-electron chi connectivity index (χ2n) is 4.21. The molecule has 3 rings (SSSR count). The Labute approximate surface area is 110 Å². The zero-order valence-corrected chi connectivity index (χ0v) is 10.1. The Balaban J connectivity index is 2.11. The number of Topliss-reactive ketones (excluding diaryl/α,β-unsaturated/α-hetero) is 1. The number of aliphatic hydroxyl groups excluding tert-OH is 1. The number of fused-ring (bicyclic) bond motifs is 2. The topological polar surface area (TPSA) is 55.8 Å². The summed E-state index contributed by atoms with van der Waals surface area (Å²) >= 11 is 0. The Morgan fingerprint density at radius 3 is 2.42 bits per heavy atom. The average Bonchev–Trinajstić information content (AvgIpc) is 2.51. The summed E-state index contributed by atoms with van der Waals surface area (Å²) < 4.78 is 10.9. The van der Waals surface area contributed by atoms with Crippen LogP contribution >= 0.6 is 0 Å². The molecule has 0 saturated carbocycles. The van der Waals surface area contributed by atoms with Gasteiger partial charge >= 0.3 is 0 Å². The largest absolute Gasteiger partial charge is 0.457 e. The molecule has 0 fully saturated rings. The van der Waals surface area contributed by atoms with E-state index in [-0.39, 0.29) is 6.79 Å². The van der Waals surface area contributed by atoms with E-state index in [1.807, 2.05) is 0 Å². The number of hydrogen-bond acceptors (Lipinski definition) is 4. The van der Waals surface area contributed by atoms with Crippen LogP contribution in [0.2, 0.25) is 0 Å². The fraction of sp³-hybridized carbons (Fsp3) is 0.133. The molecule has 19 heavy (non-hydrogen) atoms. The van der Waals surface area contributed by atoms with Crippen LogP contribution in [0.5, 0.6) is 11.5 Å². The van der Waals surface area contributed by atoms with E-state index in [1.165, 1.54) is 0 Å². The van der Waals surface area contributed by atoms with Gasteiger partial charge in [0, 0.05) is 5.56 Å². The van der Waals surface area contributed by atoms with Gasteiger partial charge in [-0.2, -0.15) is 0 Å². The number of ether oxygens (including phenoxy) is 2. The summed E-state index contributed by atoms with van der Waals surface area (Å²) in [4.78, 5) is 12.3. The van der Waals surface area contributed by atoms with Gasteiger partial charge in [-0.15, -0.1) is 0 Å². The van der Waals surface area contributed by atoms with Crippen LogP contribution in [0.25, 0.3) is 0 Å². The lowest BCUT2D eigenvalue weighted by molar-refractivity contribution is 0.0743. The zero-order chi connectivity index (χ0) is 13.2. The number of rotatable bonds is 0. The summed E-state index contributed by atoms with van der Waals surface area (Å²) in [6.07, 6.45) is -1.25. The maximum absolute atomic E-state index is 12.3. The van der Waals surface area contributed by atoms with E-state index in [1.54, 1.807) is 48.5 Å². The van der Waals surface area contributed by atoms with Crippen LogP contribution in [0.1, 0.15) is 22.0 Å². The van der Waals surface area contributed by atoms with E-state index in [4.69, 9.17) is 9.47 Å². The van der Waals surface area contributed by atoms with Crippen LogP contribution in [0.4, 0.5) is 0 Å². The van der Waals surface area contributed by atoms with Crippen molar-refractivity contribution in [3.63, 3.8) is 0 Å². The van der Waals surface area contributed by atoms with Crippen molar-refractivity contribution in [2.24, 2.45) is 0 Å². The van der Waals surface area contributed by atoms with Crippen LogP contribution in [-0.4, -0.2) is 17.7 Å². The molecule has 1 aliphatic heterocycles. The first kappa shape index (κ1) is 11.7. The molecule has 1 N–H and O–H groups in total. The summed E-state index contributed by atoms with van der Waals surface area (Å²) in [5.41, 5.74) is 0.808. The molecule has 4 nitrogen and oxygen atoms in total. The molecule has 2 aromatic carbocycles. The lowest BCUT2D eigenvalue weighted by Gasteiger charge is -2.12. The van der Waals surface area contributed by atoms with Crippen LogP contribution in [-0.2, 0) is 0 Å². The highest BCUT2D eigenvalue weighted by Crippen LogP contribution is 2.32. The van der Waals surface area contributed by atoms with Crippen molar-refractivity contribution >= 4 is 5.78 Å². The molecular formula is C15H12O4. The number of carbonyl (C=O) groups excluding carboxylic acids is 1. The first-order chi connectivity index (χ1) is 9.27. The number of para-hydroxylation sites is 2. The minimum absolute atomic E-state index is 0.00593. The third-order valence-electron chi connectivity index (χ3n) is 3.04. The monoisotopic (exact) mass is 256 g/mol. The summed E-state index contributed by atoms with van der Waals surface area (Å²) in [6, 6.07) is 13.7. The minimum atomic E-state index is -1.25. The Kier molecular flexibility index (Phi) is 2.93. The fourth-order valence-electron chi connectivity index (χ4n) is 2.08. The van der Waals surface area contributed by atoms with E-state index >= 15 is 0 Å². The summed E-state index contributed by atoms with van der Waals surface area (Å²) in [5.74, 6) is 0.476. The molecule has 1 heterocycles. The van der Waals surface area contributed by atoms with E-state index in [2.05, 4.69) is 0 Å². The number of hydrogen-bond donors (Lipinski definition) is 1. The predicted octanol–water partition coefficient (Wildman–Crippen LogP) is 2.33. The highest BCUT2D eigenvalue weighted by molar-refractivity contribution is 6.02. The van der Waals surface area contributed by atoms with Crippen LogP contribution in [0.3, 0.4) is 0 Å². The highest BCUT2D eigenvalue weighted by atomic mass is 16.7. The SMILES string of the molecule is O=C1c2ccccc2OCOc2ccccc2[C@H]1O. The molecular weight excluding hydrogens is 244 g/mol. The van der Waals surface area contributed by atoms with E-state index < -0.39 is 11.9 Å². The molecule has 0 aromatic heterocycles. The molecule has 4 heteroatoms. The lowest BCUT2D eigenvalue weighted by atomic mass is 9.99. The quantitative estimate of drug-likeness (QED) is 0.786. The van der Waals surface area contributed by atoms with Gasteiger partial charge in [0.2, 0.25) is 6.79 Å². The third-order valence-corrected chi connectivity index (χ3v) is 3.04. The molecule has 0 radical (unpaired) electrons. The van der Waals surface area contributed by atoms with Gasteiger partial charge in [0.1, 0.15) is 17.6 Å². The van der Waals surface area contributed by atoms with Crippen molar-refractivity contribution in [1.82, 2.24) is 0 Å². The number of carbonyl (C=O) groups is 1.